The topological polar surface area (TPSA) is 82.3 Å². The molecule has 0 aliphatic carbocycles. The summed E-state index contributed by atoms with van der Waals surface area (Å²) in [6.07, 6.45) is 3.27. The van der Waals surface area contributed by atoms with E-state index in [9.17, 15) is 4.79 Å². The third-order valence-electron chi connectivity index (χ3n) is 2.54. The van der Waals surface area contributed by atoms with E-state index in [0.29, 0.717) is 11.5 Å². The summed E-state index contributed by atoms with van der Waals surface area (Å²) in [6, 6.07) is 7.29. The zero-order valence-corrected chi connectivity index (χ0v) is 10.0. The molecule has 3 aromatic rings. The molecule has 3 heterocycles. The van der Waals surface area contributed by atoms with Crippen LogP contribution in [0.25, 0.3) is 17.2 Å². The Morgan fingerprint density at radius 2 is 2.11 bits per heavy atom. The van der Waals surface area contributed by atoms with Crippen LogP contribution >= 0.6 is 0 Å². The van der Waals surface area contributed by atoms with E-state index >= 15 is 0 Å². The van der Waals surface area contributed by atoms with Gasteiger partial charge in [0.05, 0.1) is 18.5 Å². The average Bonchev–Trinajstić information content (AvgIpc) is 2.91. The van der Waals surface area contributed by atoms with Crippen LogP contribution in [0.3, 0.4) is 0 Å². The molecule has 0 spiro atoms. The van der Waals surface area contributed by atoms with Gasteiger partial charge in [0.1, 0.15) is 0 Å². The van der Waals surface area contributed by atoms with Gasteiger partial charge in [-0.15, -0.1) is 5.10 Å². The molecule has 3 rings (SSSR count). The number of nitrogens with zero attached hydrogens (tertiary/aromatic N) is 5. The Bertz CT molecular complexity index is 738. The summed E-state index contributed by atoms with van der Waals surface area (Å²) in [5.41, 5.74) is 1.42. The molecule has 0 N–H and O–H groups in total. The number of fused-ring (bicyclic) bond motifs is 1. The highest BCUT2D eigenvalue weighted by molar-refractivity contribution is 5.85. The molecule has 0 radical (unpaired) electrons. The van der Waals surface area contributed by atoms with Crippen molar-refractivity contribution in [3.8, 4) is 11.4 Å². The second kappa shape index (κ2) is 4.45. The van der Waals surface area contributed by atoms with Crippen LogP contribution < -0.4 is 0 Å². The van der Waals surface area contributed by atoms with E-state index in [0.717, 1.165) is 5.69 Å². The van der Waals surface area contributed by atoms with Gasteiger partial charge in [-0.25, -0.2) is 9.78 Å². The first-order valence-corrected chi connectivity index (χ1v) is 5.51. The van der Waals surface area contributed by atoms with Gasteiger partial charge in [-0.2, -0.15) is 9.50 Å². The Balaban J connectivity index is 2.21. The van der Waals surface area contributed by atoms with E-state index in [-0.39, 0.29) is 5.82 Å². The molecule has 0 atom stereocenters. The van der Waals surface area contributed by atoms with Gasteiger partial charge >= 0.3 is 5.97 Å². The number of pyridine rings is 1. The van der Waals surface area contributed by atoms with Crippen LogP contribution in [0, 0.1) is 0 Å². The Kier molecular flexibility index (Phi) is 2.64. The molecule has 7 nitrogen and oxygen atoms in total. The standard InChI is InChI=1S/C12H9N5O2/c1-19-11(18)10-15-12-14-7-5-9(17(12)16-10)8-4-2-3-6-13-8/h2-7H,1H3. The molecular weight excluding hydrogens is 246 g/mol. The molecule has 0 amide bonds. The van der Waals surface area contributed by atoms with Crippen molar-refractivity contribution in [3.63, 3.8) is 0 Å². The molecule has 0 saturated carbocycles. The van der Waals surface area contributed by atoms with Crippen LogP contribution in [0.5, 0.6) is 0 Å². The first-order chi connectivity index (χ1) is 9.29. The minimum Gasteiger partial charge on any atom is -0.463 e. The van der Waals surface area contributed by atoms with E-state index < -0.39 is 5.97 Å². The van der Waals surface area contributed by atoms with Gasteiger partial charge in [-0.3, -0.25) is 4.98 Å². The molecule has 19 heavy (non-hydrogen) atoms. The van der Waals surface area contributed by atoms with Crippen LogP contribution in [0.1, 0.15) is 10.6 Å². The molecule has 3 aromatic heterocycles. The third kappa shape index (κ3) is 1.90. The molecule has 0 fully saturated rings. The lowest BCUT2D eigenvalue weighted by Gasteiger charge is -2.01. The summed E-state index contributed by atoms with van der Waals surface area (Å²) < 4.78 is 6.06. The van der Waals surface area contributed by atoms with Gasteiger partial charge in [-0.1, -0.05) is 6.07 Å². The van der Waals surface area contributed by atoms with Crippen molar-refractivity contribution in [2.45, 2.75) is 0 Å². The van der Waals surface area contributed by atoms with Gasteiger partial charge in [0.2, 0.25) is 0 Å². The fraction of sp³-hybridized carbons (Fsp3) is 0.0833. The van der Waals surface area contributed by atoms with Crippen molar-refractivity contribution in [1.82, 2.24) is 24.6 Å². The summed E-state index contributed by atoms with van der Waals surface area (Å²) in [5, 5.41) is 4.09. The number of hydrogen-bond donors (Lipinski definition) is 0. The van der Waals surface area contributed by atoms with Gasteiger partial charge in [-0.05, 0) is 18.2 Å². The fourth-order valence-electron chi connectivity index (χ4n) is 1.68. The molecule has 0 saturated heterocycles. The lowest BCUT2D eigenvalue weighted by molar-refractivity contribution is 0.0587. The Morgan fingerprint density at radius 3 is 2.84 bits per heavy atom. The molecule has 7 heteroatoms. The molecule has 0 unspecified atom stereocenters. The number of esters is 1. The van der Waals surface area contributed by atoms with Crippen LogP contribution in [0.15, 0.2) is 36.7 Å². The van der Waals surface area contributed by atoms with Crippen molar-refractivity contribution < 1.29 is 9.53 Å². The van der Waals surface area contributed by atoms with Gasteiger partial charge in [0.15, 0.2) is 0 Å². The summed E-state index contributed by atoms with van der Waals surface area (Å²) in [6.45, 7) is 0. The maximum Gasteiger partial charge on any atom is 0.378 e. The predicted molar refractivity (Wildman–Crippen MR) is 65.4 cm³/mol. The molecule has 0 bridgehead atoms. The maximum absolute atomic E-state index is 11.4. The van der Waals surface area contributed by atoms with Crippen LogP contribution in [0.4, 0.5) is 0 Å². The summed E-state index contributed by atoms with van der Waals surface area (Å²) >= 11 is 0. The number of carbonyl (C=O) groups excluding carboxylic acids is 1. The zero-order valence-electron chi connectivity index (χ0n) is 10.0. The van der Waals surface area contributed by atoms with E-state index in [1.807, 2.05) is 18.2 Å². The predicted octanol–water partition coefficient (Wildman–Crippen LogP) is 0.973. The van der Waals surface area contributed by atoms with Gasteiger partial charge in [0.25, 0.3) is 11.6 Å². The second-order valence-corrected chi connectivity index (χ2v) is 3.68. The molecular formula is C12H9N5O2. The van der Waals surface area contributed by atoms with Crippen LogP contribution in [-0.2, 0) is 4.74 Å². The first kappa shape index (κ1) is 11.3. The third-order valence-corrected chi connectivity index (χ3v) is 2.54. The normalized spacial score (nSPS) is 10.6. The van der Waals surface area contributed by atoms with Crippen LogP contribution in [0.2, 0.25) is 0 Å². The minimum absolute atomic E-state index is 0.0293. The number of aromatic nitrogens is 5. The van der Waals surface area contributed by atoms with Crippen molar-refractivity contribution >= 4 is 11.7 Å². The minimum atomic E-state index is -0.600. The monoisotopic (exact) mass is 255 g/mol. The highest BCUT2D eigenvalue weighted by Crippen LogP contribution is 2.16. The van der Waals surface area contributed by atoms with E-state index in [1.165, 1.54) is 11.6 Å². The lowest BCUT2D eigenvalue weighted by Crippen LogP contribution is -2.04. The highest BCUT2D eigenvalue weighted by atomic mass is 16.5. The molecule has 0 aromatic carbocycles. The Morgan fingerprint density at radius 1 is 1.21 bits per heavy atom. The molecule has 94 valence electrons. The summed E-state index contributed by atoms with van der Waals surface area (Å²) in [7, 11) is 1.28. The molecule has 0 aliphatic rings. The van der Waals surface area contributed by atoms with Crippen molar-refractivity contribution in [2.24, 2.45) is 0 Å². The lowest BCUT2D eigenvalue weighted by atomic mass is 10.2. The van der Waals surface area contributed by atoms with Crippen molar-refractivity contribution in [1.29, 1.82) is 0 Å². The first-order valence-electron chi connectivity index (χ1n) is 5.51. The highest BCUT2D eigenvalue weighted by Gasteiger charge is 2.16. The number of methoxy groups -OCH3 is 1. The quantitative estimate of drug-likeness (QED) is 0.635. The number of rotatable bonds is 2. The van der Waals surface area contributed by atoms with E-state index in [2.05, 4.69) is 24.8 Å². The maximum atomic E-state index is 11.4. The van der Waals surface area contributed by atoms with Gasteiger partial charge < -0.3 is 4.74 Å². The van der Waals surface area contributed by atoms with E-state index in [1.54, 1.807) is 18.5 Å². The Hall–Kier alpha value is -2.83. The SMILES string of the molecule is COC(=O)c1nc2nccc(-c3ccccn3)n2n1. The number of ether oxygens (including phenoxy) is 1. The smallest absolute Gasteiger partial charge is 0.378 e. The average molecular weight is 255 g/mol. The Labute approximate surface area is 107 Å². The van der Waals surface area contributed by atoms with Crippen molar-refractivity contribution in [2.75, 3.05) is 7.11 Å². The summed E-state index contributed by atoms with van der Waals surface area (Å²) in [4.78, 5) is 23.7. The molecule has 0 aliphatic heterocycles. The van der Waals surface area contributed by atoms with E-state index in [4.69, 9.17) is 0 Å². The van der Waals surface area contributed by atoms with Crippen molar-refractivity contribution in [3.05, 3.63) is 42.5 Å². The second-order valence-electron chi connectivity index (χ2n) is 3.68. The fourth-order valence-corrected chi connectivity index (χ4v) is 1.68. The van der Waals surface area contributed by atoms with Crippen LogP contribution in [-0.4, -0.2) is 37.6 Å². The zero-order chi connectivity index (χ0) is 13.2. The number of hydrogen-bond acceptors (Lipinski definition) is 6. The largest absolute Gasteiger partial charge is 0.463 e. The number of carbonyl (C=O) groups is 1. The van der Waals surface area contributed by atoms with Gasteiger partial charge in [0, 0.05) is 12.4 Å². The summed E-state index contributed by atoms with van der Waals surface area (Å²) in [5.74, 6) is -0.306.